The van der Waals surface area contributed by atoms with Crippen molar-refractivity contribution in [2.45, 2.75) is 19.9 Å². The number of nitrogens with one attached hydrogen (secondary N) is 1. The molecule has 1 aromatic carbocycles. The highest BCUT2D eigenvalue weighted by molar-refractivity contribution is 7.71. The summed E-state index contributed by atoms with van der Waals surface area (Å²) >= 11 is 17.5. The Hall–Kier alpha value is -1.23. The van der Waals surface area contributed by atoms with Gasteiger partial charge in [0.05, 0.1) is 27.1 Å². The van der Waals surface area contributed by atoms with Crippen LogP contribution in [0.25, 0.3) is 11.0 Å². The Labute approximate surface area is 131 Å². The minimum atomic E-state index is -0.0257. The highest BCUT2D eigenvalue weighted by Gasteiger charge is 2.17. The predicted octanol–water partition coefficient (Wildman–Crippen LogP) is 5.52. The average Bonchev–Trinajstić information content (AvgIpc) is 2.93. The van der Waals surface area contributed by atoms with E-state index in [0.717, 1.165) is 22.6 Å². The van der Waals surface area contributed by atoms with E-state index in [1.807, 2.05) is 36.6 Å². The highest BCUT2D eigenvalue weighted by atomic mass is 35.5. The van der Waals surface area contributed by atoms with Gasteiger partial charge in [0, 0.05) is 0 Å². The van der Waals surface area contributed by atoms with Crippen molar-refractivity contribution in [1.82, 2.24) is 9.55 Å². The lowest BCUT2D eigenvalue weighted by Crippen LogP contribution is -2.05. The van der Waals surface area contributed by atoms with Gasteiger partial charge in [-0.25, -0.2) is 0 Å². The maximum Gasteiger partial charge on any atom is 0.178 e. The van der Waals surface area contributed by atoms with E-state index in [1.165, 1.54) is 0 Å². The maximum atomic E-state index is 6.11. The fourth-order valence-corrected chi connectivity index (χ4v) is 3.00. The number of aromatic nitrogens is 2. The third-order valence-electron chi connectivity index (χ3n) is 3.32. The molecule has 0 saturated carbocycles. The molecular weight excluding hydrogens is 315 g/mol. The van der Waals surface area contributed by atoms with Crippen LogP contribution in [0.4, 0.5) is 0 Å². The first kappa shape index (κ1) is 13.7. The molecule has 0 aliphatic carbocycles. The van der Waals surface area contributed by atoms with E-state index in [-0.39, 0.29) is 6.04 Å². The minimum Gasteiger partial charge on any atom is -0.464 e. The monoisotopic (exact) mass is 326 g/mol. The summed E-state index contributed by atoms with van der Waals surface area (Å²) in [7, 11) is 0. The lowest BCUT2D eigenvalue weighted by Gasteiger charge is -2.12. The van der Waals surface area contributed by atoms with Crippen LogP contribution in [-0.4, -0.2) is 9.55 Å². The summed E-state index contributed by atoms with van der Waals surface area (Å²) in [6, 6.07) is 7.47. The molecular formula is C14H12Cl2N2OS. The minimum absolute atomic E-state index is 0.0257. The number of imidazole rings is 1. The molecule has 20 heavy (non-hydrogen) atoms. The second-order valence-electron chi connectivity index (χ2n) is 4.71. The molecule has 0 aliphatic rings. The van der Waals surface area contributed by atoms with Crippen molar-refractivity contribution in [3.8, 4) is 0 Å². The molecule has 1 atom stereocenters. The SMILES string of the molecule is Cc1ccc(C(C)n2c(=S)[nH]c3cc(Cl)c(Cl)cc32)o1. The largest absolute Gasteiger partial charge is 0.464 e. The zero-order chi connectivity index (χ0) is 14.4. The predicted molar refractivity (Wildman–Crippen MR) is 84.4 cm³/mol. The molecule has 0 aliphatic heterocycles. The molecule has 0 fully saturated rings. The third kappa shape index (κ3) is 2.18. The summed E-state index contributed by atoms with van der Waals surface area (Å²) in [6.45, 7) is 3.95. The molecule has 1 N–H and O–H groups in total. The van der Waals surface area contributed by atoms with Gasteiger partial charge in [-0.15, -0.1) is 0 Å². The lowest BCUT2D eigenvalue weighted by molar-refractivity contribution is 0.431. The van der Waals surface area contributed by atoms with Gasteiger partial charge in [0.25, 0.3) is 0 Å². The van der Waals surface area contributed by atoms with Crippen molar-refractivity contribution >= 4 is 46.5 Å². The van der Waals surface area contributed by atoms with Crippen molar-refractivity contribution in [3.63, 3.8) is 0 Å². The Balaban J connectivity index is 2.23. The number of furan rings is 1. The number of rotatable bonds is 2. The van der Waals surface area contributed by atoms with Gasteiger partial charge in [-0.05, 0) is 50.3 Å². The Bertz CT molecular complexity index is 847. The molecule has 0 amide bonds. The Kier molecular flexibility index (Phi) is 3.40. The van der Waals surface area contributed by atoms with Crippen LogP contribution in [0.1, 0.15) is 24.5 Å². The molecule has 3 rings (SSSR count). The van der Waals surface area contributed by atoms with Crippen LogP contribution >= 0.6 is 35.4 Å². The normalized spacial score (nSPS) is 13.0. The van der Waals surface area contributed by atoms with E-state index in [0.29, 0.717) is 14.8 Å². The van der Waals surface area contributed by atoms with Crippen LogP contribution in [0.3, 0.4) is 0 Å². The second-order valence-corrected chi connectivity index (χ2v) is 5.91. The third-order valence-corrected chi connectivity index (χ3v) is 4.34. The van der Waals surface area contributed by atoms with Crippen LogP contribution in [0, 0.1) is 11.7 Å². The van der Waals surface area contributed by atoms with E-state index in [1.54, 1.807) is 6.07 Å². The standard InChI is InChI=1S/C14H12Cl2N2OS/c1-7-3-4-13(19-7)8(2)18-12-6-10(16)9(15)5-11(12)17-14(18)20/h3-6,8H,1-2H3,(H,17,20). The van der Waals surface area contributed by atoms with Crippen molar-refractivity contribution < 1.29 is 4.42 Å². The fourth-order valence-electron chi connectivity index (χ4n) is 2.31. The van der Waals surface area contributed by atoms with Crippen LogP contribution in [0.5, 0.6) is 0 Å². The first-order chi connectivity index (χ1) is 9.47. The molecule has 6 heteroatoms. The van der Waals surface area contributed by atoms with Crippen LogP contribution in [0.15, 0.2) is 28.7 Å². The van der Waals surface area contributed by atoms with E-state index in [4.69, 9.17) is 39.8 Å². The van der Waals surface area contributed by atoms with Crippen molar-refractivity contribution in [1.29, 1.82) is 0 Å². The zero-order valence-corrected chi connectivity index (χ0v) is 13.2. The molecule has 2 aromatic heterocycles. The van der Waals surface area contributed by atoms with Crippen LogP contribution in [0.2, 0.25) is 10.0 Å². The van der Waals surface area contributed by atoms with E-state index >= 15 is 0 Å². The number of benzene rings is 1. The van der Waals surface area contributed by atoms with Crippen molar-refractivity contribution in [3.05, 3.63) is 50.6 Å². The van der Waals surface area contributed by atoms with Gasteiger partial charge < -0.3 is 14.0 Å². The summed E-state index contributed by atoms with van der Waals surface area (Å²) in [4.78, 5) is 3.15. The molecule has 0 spiro atoms. The number of hydrogen-bond acceptors (Lipinski definition) is 2. The van der Waals surface area contributed by atoms with Gasteiger partial charge in [0.2, 0.25) is 0 Å². The van der Waals surface area contributed by atoms with Gasteiger partial charge in [-0.1, -0.05) is 23.2 Å². The quantitative estimate of drug-likeness (QED) is 0.629. The van der Waals surface area contributed by atoms with Gasteiger partial charge >= 0.3 is 0 Å². The number of fused-ring (bicyclic) bond motifs is 1. The number of H-pyrrole nitrogens is 1. The molecule has 104 valence electrons. The zero-order valence-electron chi connectivity index (χ0n) is 10.9. The number of hydrogen-bond donors (Lipinski definition) is 1. The molecule has 0 bridgehead atoms. The van der Waals surface area contributed by atoms with Crippen LogP contribution < -0.4 is 0 Å². The fraction of sp³-hybridized carbons (Fsp3) is 0.214. The first-order valence-corrected chi connectivity index (χ1v) is 7.29. The number of nitrogens with zero attached hydrogens (tertiary/aromatic N) is 1. The van der Waals surface area contributed by atoms with E-state index in [9.17, 15) is 0 Å². The average molecular weight is 327 g/mol. The Morgan fingerprint density at radius 3 is 2.60 bits per heavy atom. The van der Waals surface area contributed by atoms with Gasteiger partial charge in [-0.3, -0.25) is 0 Å². The molecule has 1 unspecified atom stereocenters. The van der Waals surface area contributed by atoms with Crippen LogP contribution in [-0.2, 0) is 0 Å². The first-order valence-electron chi connectivity index (χ1n) is 6.13. The topological polar surface area (TPSA) is 33.9 Å². The maximum absolute atomic E-state index is 6.11. The Morgan fingerprint density at radius 2 is 1.95 bits per heavy atom. The number of halogens is 2. The van der Waals surface area contributed by atoms with Gasteiger partial charge in [-0.2, -0.15) is 0 Å². The summed E-state index contributed by atoms with van der Waals surface area (Å²) in [5.74, 6) is 1.73. The summed E-state index contributed by atoms with van der Waals surface area (Å²) in [5.41, 5.74) is 1.77. The van der Waals surface area contributed by atoms with E-state index < -0.39 is 0 Å². The second kappa shape index (κ2) is 4.95. The molecule has 0 saturated heterocycles. The molecule has 3 aromatic rings. The lowest BCUT2D eigenvalue weighted by atomic mass is 10.2. The molecule has 2 heterocycles. The van der Waals surface area contributed by atoms with Gasteiger partial charge in [0.15, 0.2) is 4.77 Å². The summed E-state index contributed by atoms with van der Waals surface area (Å²) in [6.07, 6.45) is 0. The molecule has 3 nitrogen and oxygen atoms in total. The number of aromatic amines is 1. The summed E-state index contributed by atoms with van der Waals surface area (Å²) < 4.78 is 8.28. The molecule has 0 radical (unpaired) electrons. The van der Waals surface area contributed by atoms with Crippen molar-refractivity contribution in [2.75, 3.05) is 0 Å². The number of aryl methyl sites for hydroxylation is 1. The highest BCUT2D eigenvalue weighted by Crippen LogP contribution is 2.31. The van der Waals surface area contributed by atoms with E-state index in [2.05, 4.69) is 4.98 Å². The Morgan fingerprint density at radius 1 is 1.25 bits per heavy atom. The summed E-state index contributed by atoms with van der Waals surface area (Å²) in [5, 5.41) is 1.01. The van der Waals surface area contributed by atoms with Gasteiger partial charge in [0.1, 0.15) is 11.5 Å². The smallest absolute Gasteiger partial charge is 0.178 e. The van der Waals surface area contributed by atoms with Crippen molar-refractivity contribution in [2.24, 2.45) is 0 Å².